The molecule has 0 spiro atoms. The first-order valence-corrected chi connectivity index (χ1v) is 8.99. The fraction of sp³-hybridized carbons (Fsp3) is 0.278. The van der Waals surface area contributed by atoms with Gasteiger partial charge in [0.2, 0.25) is 0 Å². The van der Waals surface area contributed by atoms with Crippen molar-refractivity contribution in [2.24, 2.45) is 0 Å². The molecule has 0 radical (unpaired) electrons. The molecule has 2 aromatic rings. The number of nitrogens with one attached hydrogen (secondary N) is 1. The van der Waals surface area contributed by atoms with Crippen molar-refractivity contribution in [2.45, 2.75) is 18.9 Å². The third-order valence-corrected chi connectivity index (χ3v) is 4.87. The summed E-state index contributed by atoms with van der Waals surface area (Å²) in [6.07, 6.45) is 1.18. The standard InChI is InChI=1S/C18H17FN2O4S/c19-12-5-1-2-6-13(12)20-16(22)11-25-18(24)14-7-3-9-21(14)17(23)15-8-4-10-26-15/h1-2,4-6,8,10,14H,3,7,9,11H2,(H,20,22)/t14-/m0/s1. The highest BCUT2D eigenvalue weighted by molar-refractivity contribution is 7.12. The van der Waals surface area contributed by atoms with Crippen LogP contribution in [0.15, 0.2) is 41.8 Å². The van der Waals surface area contributed by atoms with Crippen LogP contribution in [0.25, 0.3) is 0 Å². The number of rotatable bonds is 5. The van der Waals surface area contributed by atoms with E-state index < -0.39 is 30.3 Å². The van der Waals surface area contributed by atoms with Crippen molar-refractivity contribution in [2.75, 3.05) is 18.5 Å². The first kappa shape index (κ1) is 18.1. The van der Waals surface area contributed by atoms with Gasteiger partial charge in [0.25, 0.3) is 11.8 Å². The number of ether oxygens (including phenoxy) is 1. The van der Waals surface area contributed by atoms with Gasteiger partial charge in [0.15, 0.2) is 6.61 Å². The predicted octanol–water partition coefficient (Wildman–Crippen LogP) is 2.67. The molecule has 1 aliphatic rings. The van der Waals surface area contributed by atoms with E-state index in [0.29, 0.717) is 24.3 Å². The zero-order chi connectivity index (χ0) is 18.5. The molecule has 1 saturated heterocycles. The van der Waals surface area contributed by atoms with E-state index in [2.05, 4.69) is 5.32 Å². The summed E-state index contributed by atoms with van der Waals surface area (Å²) in [4.78, 5) is 38.6. The normalized spacial score (nSPS) is 16.3. The third-order valence-electron chi connectivity index (χ3n) is 4.01. The van der Waals surface area contributed by atoms with Gasteiger partial charge in [0.1, 0.15) is 11.9 Å². The van der Waals surface area contributed by atoms with Crippen LogP contribution in [-0.2, 0) is 14.3 Å². The largest absolute Gasteiger partial charge is 0.454 e. The number of hydrogen-bond acceptors (Lipinski definition) is 5. The Balaban J connectivity index is 1.55. The zero-order valence-electron chi connectivity index (χ0n) is 13.8. The van der Waals surface area contributed by atoms with Crippen LogP contribution in [0.4, 0.5) is 10.1 Å². The number of carbonyl (C=O) groups is 3. The van der Waals surface area contributed by atoms with Crippen molar-refractivity contribution < 1.29 is 23.5 Å². The molecule has 0 unspecified atom stereocenters. The lowest BCUT2D eigenvalue weighted by Gasteiger charge is -2.22. The second-order valence-electron chi connectivity index (χ2n) is 5.77. The molecular weight excluding hydrogens is 359 g/mol. The fourth-order valence-corrected chi connectivity index (χ4v) is 3.46. The van der Waals surface area contributed by atoms with Gasteiger partial charge in [-0.25, -0.2) is 9.18 Å². The molecule has 0 aliphatic carbocycles. The minimum absolute atomic E-state index is 0.0175. The second-order valence-corrected chi connectivity index (χ2v) is 6.72. The number of nitrogens with zero attached hydrogens (tertiary/aromatic N) is 1. The van der Waals surface area contributed by atoms with E-state index >= 15 is 0 Å². The third kappa shape index (κ3) is 4.08. The van der Waals surface area contributed by atoms with Gasteiger partial charge >= 0.3 is 5.97 Å². The van der Waals surface area contributed by atoms with Crippen LogP contribution in [0, 0.1) is 5.82 Å². The molecule has 1 aliphatic heterocycles. The topological polar surface area (TPSA) is 75.7 Å². The van der Waals surface area contributed by atoms with E-state index in [9.17, 15) is 18.8 Å². The quantitative estimate of drug-likeness (QED) is 0.814. The van der Waals surface area contributed by atoms with E-state index in [1.54, 1.807) is 23.6 Å². The molecule has 1 N–H and O–H groups in total. The molecule has 1 aromatic heterocycles. The maximum atomic E-state index is 13.5. The Morgan fingerprint density at radius 1 is 1.23 bits per heavy atom. The highest BCUT2D eigenvalue weighted by Gasteiger charge is 2.36. The smallest absolute Gasteiger partial charge is 0.329 e. The first-order chi connectivity index (χ1) is 12.6. The van der Waals surface area contributed by atoms with E-state index in [1.165, 1.54) is 34.4 Å². The second kappa shape index (κ2) is 8.09. The summed E-state index contributed by atoms with van der Waals surface area (Å²) in [5, 5.41) is 4.14. The van der Waals surface area contributed by atoms with Crippen molar-refractivity contribution in [3.05, 3.63) is 52.5 Å². The monoisotopic (exact) mass is 376 g/mol. The molecule has 136 valence electrons. The molecule has 3 rings (SSSR count). The lowest BCUT2D eigenvalue weighted by Crippen LogP contribution is -2.41. The van der Waals surface area contributed by atoms with Crippen LogP contribution in [0.2, 0.25) is 0 Å². The van der Waals surface area contributed by atoms with Gasteiger partial charge < -0.3 is 15.0 Å². The van der Waals surface area contributed by atoms with Crippen molar-refractivity contribution in [3.8, 4) is 0 Å². The highest BCUT2D eigenvalue weighted by atomic mass is 32.1. The van der Waals surface area contributed by atoms with Crippen LogP contribution in [0.5, 0.6) is 0 Å². The molecule has 2 amide bonds. The summed E-state index contributed by atoms with van der Waals surface area (Å²) >= 11 is 1.31. The van der Waals surface area contributed by atoms with Gasteiger partial charge in [-0.05, 0) is 36.4 Å². The van der Waals surface area contributed by atoms with Gasteiger partial charge in [-0.2, -0.15) is 0 Å². The van der Waals surface area contributed by atoms with Crippen LogP contribution >= 0.6 is 11.3 Å². The molecular formula is C18H17FN2O4S. The van der Waals surface area contributed by atoms with Crippen LogP contribution in [0.1, 0.15) is 22.5 Å². The Bertz CT molecular complexity index is 809. The molecule has 26 heavy (non-hydrogen) atoms. The lowest BCUT2D eigenvalue weighted by atomic mass is 10.2. The number of thiophene rings is 1. The summed E-state index contributed by atoms with van der Waals surface area (Å²) in [6, 6.07) is 8.48. The molecule has 2 heterocycles. The fourth-order valence-electron chi connectivity index (χ4n) is 2.78. The average Bonchev–Trinajstić information content (AvgIpc) is 3.33. The van der Waals surface area contributed by atoms with Gasteiger partial charge in [-0.15, -0.1) is 11.3 Å². The zero-order valence-corrected chi connectivity index (χ0v) is 14.6. The summed E-state index contributed by atoms with van der Waals surface area (Å²) in [7, 11) is 0. The van der Waals surface area contributed by atoms with E-state index in [-0.39, 0.29) is 11.6 Å². The first-order valence-electron chi connectivity index (χ1n) is 8.12. The molecule has 6 nitrogen and oxygen atoms in total. The number of halogens is 1. The SMILES string of the molecule is O=C(COC(=O)[C@@H]1CCCN1C(=O)c1cccs1)Nc1ccccc1F. The highest BCUT2D eigenvalue weighted by Crippen LogP contribution is 2.23. The van der Waals surface area contributed by atoms with E-state index in [0.717, 1.165) is 0 Å². The summed E-state index contributed by atoms with van der Waals surface area (Å²) in [5.41, 5.74) is 0.0175. The van der Waals surface area contributed by atoms with E-state index in [1.807, 2.05) is 0 Å². The van der Waals surface area contributed by atoms with Gasteiger partial charge in [-0.1, -0.05) is 18.2 Å². The molecule has 8 heteroatoms. The Morgan fingerprint density at radius 3 is 2.77 bits per heavy atom. The molecule has 1 atom stereocenters. The summed E-state index contributed by atoms with van der Waals surface area (Å²) < 4.78 is 18.5. The number of likely N-dealkylation sites (tertiary alicyclic amines) is 1. The Morgan fingerprint density at radius 2 is 2.04 bits per heavy atom. The minimum Gasteiger partial charge on any atom is -0.454 e. The van der Waals surface area contributed by atoms with Crippen molar-refractivity contribution in [1.82, 2.24) is 4.90 Å². The molecule has 1 fully saturated rings. The average molecular weight is 376 g/mol. The molecule has 1 aromatic carbocycles. The van der Waals surface area contributed by atoms with Crippen molar-refractivity contribution in [1.29, 1.82) is 0 Å². The number of anilines is 1. The maximum Gasteiger partial charge on any atom is 0.329 e. The number of carbonyl (C=O) groups excluding carboxylic acids is 3. The number of hydrogen-bond donors (Lipinski definition) is 1. The lowest BCUT2D eigenvalue weighted by molar-refractivity contribution is -0.151. The van der Waals surface area contributed by atoms with Crippen molar-refractivity contribution in [3.63, 3.8) is 0 Å². The number of para-hydroxylation sites is 1. The molecule has 0 saturated carbocycles. The minimum atomic E-state index is -0.703. The Kier molecular flexibility index (Phi) is 5.62. The number of benzene rings is 1. The van der Waals surface area contributed by atoms with Crippen molar-refractivity contribution >= 4 is 34.8 Å². The van der Waals surface area contributed by atoms with Gasteiger partial charge in [0.05, 0.1) is 10.6 Å². The van der Waals surface area contributed by atoms with Crippen LogP contribution in [0.3, 0.4) is 0 Å². The number of esters is 1. The predicted molar refractivity (Wildman–Crippen MR) is 94.4 cm³/mol. The Hall–Kier alpha value is -2.74. The maximum absolute atomic E-state index is 13.5. The summed E-state index contributed by atoms with van der Waals surface area (Å²) in [6.45, 7) is -0.0668. The van der Waals surface area contributed by atoms with Crippen LogP contribution in [-0.4, -0.2) is 41.9 Å². The van der Waals surface area contributed by atoms with Gasteiger partial charge in [-0.3, -0.25) is 9.59 Å². The van der Waals surface area contributed by atoms with Gasteiger partial charge in [0, 0.05) is 6.54 Å². The summed E-state index contributed by atoms with van der Waals surface area (Å²) in [5.74, 6) is -2.06. The Labute approximate surface area is 153 Å². The van der Waals surface area contributed by atoms with Crippen LogP contribution < -0.4 is 5.32 Å². The number of amides is 2. The molecule has 0 bridgehead atoms. The van der Waals surface area contributed by atoms with E-state index in [4.69, 9.17) is 4.74 Å².